The highest BCUT2D eigenvalue weighted by Gasteiger charge is 2.22. The lowest BCUT2D eigenvalue weighted by molar-refractivity contribution is -0.144. The second-order valence-corrected chi connectivity index (χ2v) is 15.7. The van der Waals surface area contributed by atoms with Crippen molar-refractivity contribution in [3.05, 3.63) is 0 Å². The first kappa shape index (κ1) is 55.5. The van der Waals surface area contributed by atoms with E-state index in [2.05, 4.69) is 10.6 Å². The van der Waals surface area contributed by atoms with Crippen molar-refractivity contribution in [3.8, 4) is 0 Å². The number of hydrogen-bond acceptors (Lipinski definition) is 12. The summed E-state index contributed by atoms with van der Waals surface area (Å²) in [6, 6.07) is 0. The molecule has 0 aliphatic rings. The van der Waals surface area contributed by atoms with Crippen LogP contribution in [0.3, 0.4) is 0 Å². The van der Waals surface area contributed by atoms with Crippen molar-refractivity contribution in [2.75, 3.05) is 65.9 Å². The molecule has 0 spiro atoms. The summed E-state index contributed by atoms with van der Waals surface area (Å²) < 4.78 is 28.3. The second-order valence-electron chi connectivity index (χ2n) is 15.7. The van der Waals surface area contributed by atoms with E-state index in [0.29, 0.717) is 45.3 Å². The third-order valence-corrected chi connectivity index (χ3v) is 10.1. The zero-order valence-corrected chi connectivity index (χ0v) is 37.0. The number of carbonyl (C=O) groups is 7. The van der Waals surface area contributed by atoms with Gasteiger partial charge in [0, 0.05) is 59.1 Å². The SMILES string of the molecule is [3H]N(O)C(=O)[C@@H](C)CCCCNC(=O)COCCOCCCC(=O)COCCOCCNC(=O)CC[C@H](CC(=O)CCCCCCCCCCCCCCCCC(=O)O)C(=O)O.[HH]. The Morgan fingerprint density at radius 2 is 1.03 bits per heavy atom. The van der Waals surface area contributed by atoms with Gasteiger partial charge in [0.05, 0.1) is 39.0 Å². The van der Waals surface area contributed by atoms with E-state index in [9.17, 15) is 38.7 Å². The molecule has 0 saturated carbocycles. The van der Waals surface area contributed by atoms with Crippen LogP contribution in [0.15, 0.2) is 0 Å². The smallest absolute Gasteiger partial charge is 0.306 e. The van der Waals surface area contributed by atoms with Crippen LogP contribution in [0.2, 0.25) is 1.41 Å². The third-order valence-electron chi connectivity index (χ3n) is 10.1. The van der Waals surface area contributed by atoms with Crippen molar-refractivity contribution in [1.29, 1.82) is 0 Å². The average Bonchev–Trinajstić information content (AvgIpc) is 3.23. The molecule has 0 fully saturated rings. The summed E-state index contributed by atoms with van der Waals surface area (Å²) in [5.41, 5.74) is -0.159. The second kappa shape index (κ2) is 41.8. The van der Waals surface area contributed by atoms with Crippen LogP contribution in [0, 0.1) is 11.8 Å². The van der Waals surface area contributed by atoms with Crippen LogP contribution < -0.4 is 16.1 Å². The van der Waals surface area contributed by atoms with Crippen molar-refractivity contribution >= 4 is 41.2 Å². The summed E-state index contributed by atoms with van der Waals surface area (Å²) >= 11 is 0. The molecule has 356 valence electrons. The molecule has 0 heterocycles. The highest BCUT2D eigenvalue weighted by atomic mass is 16.5. The Morgan fingerprint density at radius 1 is 0.525 bits per heavy atom. The number of carbonyl (C=O) groups excluding carboxylic acids is 5. The molecular weight excluding hydrogens is 794 g/mol. The number of carboxylic acids is 2. The Hall–Kier alpha value is -3.51. The summed E-state index contributed by atoms with van der Waals surface area (Å²) in [6.45, 7) is 3.62. The summed E-state index contributed by atoms with van der Waals surface area (Å²) in [7, 11) is 0. The van der Waals surface area contributed by atoms with Crippen molar-refractivity contribution < 1.29 is 70.8 Å². The molecule has 0 bridgehead atoms. The first-order valence-corrected chi connectivity index (χ1v) is 22.7. The Balaban J connectivity index is 0. The predicted octanol–water partition coefficient (Wildman–Crippen LogP) is 5.96. The minimum absolute atomic E-state index is 0. The van der Waals surface area contributed by atoms with Gasteiger partial charge in [0.1, 0.15) is 19.0 Å². The molecule has 0 saturated heterocycles. The van der Waals surface area contributed by atoms with Gasteiger partial charge in [-0.3, -0.25) is 38.8 Å². The number of ether oxygens (including phenoxy) is 4. The van der Waals surface area contributed by atoms with Gasteiger partial charge in [0.2, 0.25) is 17.7 Å². The molecule has 0 aromatic rings. The zero-order chi connectivity index (χ0) is 46.1. The van der Waals surface area contributed by atoms with Gasteiger partial charge >= 0.3 is 11.9 Å². The molecule has 0 radical (unpaired) electrons. The number of Topliss-reactive ketones (excluding diaryl/α,β-unsaturated/α-hetero) is 2. The van der Waals surface area contributed by atoms with Crippen LogP contribution in [0.1, 0.15) is 162 Å². The molecule has 17 heteroatoms. The lowest BCUT2D eigenvalue weighted by Gasteiger charge is -2.12. The fourth-order valence-electron chi connectivity index (χ4n) is 6.38. The number of unbranched alkanes of at least 4 members (excludes halogenated alkanes) is 14. The van der Waals surface area contributed by atoms with Gasteiger partial charge in [-0.15, -0.1) is 0 Å². The Kier molecular flexibility index (Phi) is 38.1. The fraction of sp³-hybridized carbons (Fsp3) is 0.841. The van der Waals surface area contributed by atoms with Crippen molar-refractivity contribution in [2.45, 2.75) is 161 Å². The molecule has 6 N–H and O–H groups in total. The summed E-state index contributed by atoms with van der Waals surface area (Å²) in [4.78, 5) is 82.1. The molecule has 0 unspecified atom stereocenters. The number of nitrogens with one attached hydrogen (secondary N) is 3. The van der Waals surface area contributed by atoms with Gasteiger partial charge < -0.3 is 39.8 Å². The molecule has 0 rings (SSSR count). The van der Waals surface area contributed by atoms with Gasteiger partial charge in [0.15, 0.2) is 7.20 Å². The minimum atomic E-state index is -1.07. The molecule has 2 atom stereocenters. The number of rotatable bonds is 46. The topological polar surface area (TPSA) is 253 Å². The summed E-state index contributed by atoms with van der Waals surface area (Å²) in [5, 5.41) is 32.5. The molecule has 0 aromatic heterocycles. The van der Waals surface area contributed by atoms with Crippen molar-refractivity contribution in [1.82, 2.24) is 16.1 Å². The number of hydroxylamine groups is 1. The number of carboxylic acid groups (broad SMARTS) is 2. The van der Waals surface area contributed by atoms with Crippen LogP contribution in [-0.4, -0.2) is 123 Å². The fourth-order valence-corrected chi connectivity index (χ4v) is 6.38. The lowest BCUT2D eigenvalue weighted by atomic mass is 9.94. The van der Waals surface area contributed by atoms with Crippen LogP contribution in [0.25, 0.3) is 0 Å². The Bertz CT molecular complexity index is 1230. The first-order valence-electron chi connectivity index (χ1n) is 23.1. The minimum Gasteiger partial charge on any atom is -0.481 e. The summed E-state index contributed by atoms with van der Waals surface area (Å²) in [6.07, 6.45) is 18.5. The maximum atomic E-state index is 12.4. The molecule has 3 amide bonds. The van der Waals surface area contributed by atoms with Crippen molar-refractivity contribution in [3.63, 3.8) is 0 Å². The Morgan fingerprint density at radius 3 is 1.61 bits per heavy atom. The molecule has 61 heavy (non-hydrogen) atoms. The molecule has 0 aromatic carbocycles. The van der Waals surface area contributed by atoms with Crippen molar-refractivity contribution in [2.24, 2.45) is 11.8 Å². The number of hydrogen-bond donors (Lipinski definition) is 6. The van der Waals surface area contributed by atoms with Gasteiger partial charge in [-0.25, -0.2) is 5.47 Å². The predicted molar refractivity (Wildman–Crippen MR) is 230 cm³/mol. The van der Waals surface area contributed by atoms with E-state index in [1.54, 1.807) is 6.92 Å². The summed E-state index contributed by atoms with van der Waals surface area (Å²) in [5.74, 6) is -4.56. The van der Waals surface area contributed by atoms with Crippen LogP contribution >= 0.6 is 0 Å². The van der Waals surface area contributed by atoms with E-state index in [0.717, 1.165) is 44.9 Å². The van der Waals surface area contributed by atoms with Crippen LogP contribution in [-0.2, 0) is 52.5 Å². The quantitative estimate of drug-likeness (QED) is 0.0235. The normalized spacial score (nSPS) is 12.3. The monoisotopic (exact) mass is 878 g/mol. The van der Waals surface area contributed by atoms with E-state index < -0.39 is 29.7 Å². The highest BCUT2D eigenvalue weighted by molar-refractivity contribution is 5.84. The maximum Gasteiger partial charge on any atom is 0.306 e. The standard InChI is InChI=1S/C44H79N3O14.H2/c1-36(43(54)47-57)19-16-17-25-45-41(51)35-61-32-29-58-27-18-21-39(49)34-60-31-30-59-28-26-46-40(50)24-23-37(44(55)56)33-38(48)20-14-12-10-8-6-4-2-3-5-7-9-11-13-15-22-42(52)53;/h36-37,57H,2-35H2,1H3,(H,45,51)(H,46,50)(H,47,54)(H,52,53)(H,55,56);1H/t36-,37+;/m0./s1/i/hT. The van der Waals surface area contributed by atoms with E-state index in [1.807, 2.05) is 0 Å². The lowest BCUT2D eigenvalue weighted by Crippen LogP contribution is -2.29. The van der Waals surface area contributed by atoms with E-state index >= 15 is 0 Å². The van der Waals surface area contributed by atoms with Gasteiger partial charge in [-0.05, 0) is 38.5 Å². The first-order chi connectivity index (χ1) is 29.8. The van der Waals surface area contributed by atoms with Gasteiger partial charge in [-0.1, -0.05) is 90.4 Å². The zero-order valence-electron chi connectivity index (χ0n) is 38.0. The van der Waals surface area contributed by atoms with Crippen LogP contribution in [0.4, 0.5) is 0 Å². The third kappa shape index (κ3) is 40.3. The van der Waals surface area contributed by atoms with E-state index in [-0.39, 0.29) is 115 Å². The molecule has 0 aliphatic heterocycles. The van der Waals surface area contributed by atoms with Crippen LogP contribution in [0.5, 0.6) is 0 Å². The maximum absolute atomic E-state index is 12.4. The number of amides is 3. The molecule has 0 aliphatic carbocycles. The largest absolute Gasteiger partial charge is 0.481 e. The average molecular weight is 878 g/mol. The number of ketones is 2. The van der Waals surface area contributed by atoms with Gasteiger partial charge in [0.25, 0.3) is 0 Å². The number of aliphatic carboxylic acids is 2. The van der Waals surface area contributed by atoms with Gasteiger partial charge in [-0.2, -0.15) is 0 Å². The Labute approximate surface area is 366 Å². The van der Waals surface area contributed by atoms with E-state index in [4.69, 9.17) is 30.7 Å². The molecule has 17 nitrogen and oxygen atoms in total. The molecular formula is C44H81N3O14. The highest BCUT2D eigenvalue weighted by Crippen LogP contribution is 2.17. The van der Waals surface area contributed by atoms with E-state index in [1.165, 1.54) is 44.9 Å².